The first kappa shape index (κ1) is 19.1. The molecule has 144 valence electrons. The van der Waals surface area contributed by atoms with E-state index < -0.39 is 10.8 Å². The molecule has 0 saturated carbocycles. The van der Waals surface area contributed by atoms with Crippen LogP contribution < -0.4 is 15.2 Å². The summed E-state index contributed by atoms with van der Waals surface area (Å²) in [6.45, 7) is 0.0539. The van der Waals surface area contributed by atoms with Crippen LogP contribution in [0.3, 0.4) is 0 Å². The van der Waals surface area contributed by atoms with E-state index in [4.69, 9.17) is 26.8 Å². The van der Waals surface area contributed by atoms with Gasteiger partial charge in [-0.3, -0.25) is 14.9 Å². The third kappa shape index (κ3) is 3.86. The van der Waals surface area contributed by atoms with Crippen LogP contribution in [0.5, 0.6) is 11.5 Å². The zero-order valence-electron chi connectivity index (χ0n) is 14.5. The van der Waals surface area contributed by atoms with Crippen LogP contribution in [-0.4, -0.2) is 33.4 Å². The number of aromatic amines is 1. The van der Waals surface area contributed by atoms with Crippen molar-refractivity contribution in [2.24, 2.45) is 5.73 Å². The monoisotopic (exact) mass is 403 g/mol. The second-order valence-electron chi connectivity index (χ2n) is 5.57. The highest BCUT2D eigenvalue weighted by atomic mass is 35.5. The van der Waals surface area contributed by atoms with E-state index >= 15 is 0 Å². The predicted octanol–water partition coefficient (Wildman–Crippen LogP) is 2.72. The highest BCUT2D eigenvalue weighted by Crippen LogP contribution is 2.31. The summed E-state index contributed by atoms with van der Waals surface area (Å²) in [5.41, 5.74) is 6.68. The zero-order valence-corrected chi connectivity index (χ0v) is 15.3. The van der Waals surface area contributed by atoms with Gasteiger partial charge >= 0.3 is 0 Å². The minimum Gasteiger partial charge on any atom is -0.496 e. The summed E-state index contributed by atoms with van der Waals surface area (Å²) in [6, 6.07) is 9.01. The molecule has 1 heterocycles. The average molecular weight is 404 g/mol. The third-order valence-corrected chi connectivity index (χ3v) is 4.14. The number of rotatable bonds is 7. The Morgan fingerprint density at radius 1 is 1.25 bits per heavy atom. The van der Waals surface area contributed by atoms with Gasteiger partial charge in [0.2, 0.25) is 0 Å². The summed E-state index contributed by atoms with van der Waals surface area (Å²) in [5.74, 6) is 0.0971. The van der Waals surface area contributed by atoms with Crippen molar-refractivity contribution < 1.29 is 19.2 Å². The first-order chi connectivity index (χ1) is 13.4. The molecule has 10 nitrogen and oxygen atoms in total. The smallest absolute Gasteiger partial charge is 0.271 e. The van der Waals surface area contributed by atoms with Gasteiger partial charge in [-0.1, -0.05) is 11.6 Å². The molecule has 2 aromatic carbocycles. The minimum absolute atomic E-state index is 0.00967. The van der Waals surface area contributed by atoms with Crippen molar-refractivity contribution in [3.63, 3.8) is 0 Å². The van der Waals surface area contributed by atoms with Crippen molar-refractivity contribution in [2.45, 2.75) is 6.61 Å². The molecule has 11 heteroatoms. The number of nitro groups is 1. The molecular formula is C17H14ClN5O5. The van der Waals surface area contributed by atoms with Gasteiger partial charge in [0.25, 0.3) is 11.6 Å². The van der Waals surface area contributed by atoms with Gasteiger partial charge in [0.1, 0.15) is 23.8 Å². The number of amides is 1. The number of carbonyl (C=O) groups is 1. The number of hydrogen-bond acceptors (Lipinski definition) is 7. The van der Waals surface area contributed by atoms with Gasteiger partial charge < -0.3 is 15.2 Å². The molecule has 0 aliphatic heterocycles. The van der Waals surface area contributed by atoms with Crippen LogP contribution in [0.15, 0.2) is 36.4 Å². The molecule has 0 saturated heterocycles. The van der Waals surface area contributed by atoms with Crippen molar-refractivity contribution >= 4 is 23.2 Å². The number of H-pyrrole nitrogens is 1. The number of nitrogens with one attached hydrogen (secondary N) is 1. The van der Waals surface area contributed by atoms with E-state index in [9.17, 15) is 14.9 Å². The molecule has 0 spiro atoms. The molecular weight excluding hydrogens is 390 g/mol. The topological polar surface area (TPSA) is 146 Å². The summed E-state index contributed by atoms with van der Waals surface area (Å²) in [4.78, 5) is 21.7. The fraction of sp³-hybridized carbons (Fsp3) is 0.118. The largest absolute Gasteiger partial charge is 0.496 e. The second kappa shape index (κ2) is 7.92. The molecule has 0 fully saturated rings. The van der Waals surface area contributed by atoms with Crippen LogP contribution in [0.1, 0.15) is 16.1 Å². The first-order valence-electron chi connectivity index (χ1n) is 7.85. The number of halogens is 1. The van der Waals surface area contributed by atoms with Gasteiger partial charge in [0.15, 0.2) is 5.69 Å². The fourth-order valence-electron chi connectivity index (χ4n) is 2.52. The summed E-state index contributed by atoms with van der Waals surface area (Å²) in [7, 11) is 1.50. The molecule has 3 N–H and O–H groups in total. The number of nitrogens with two attached hydrogens (primary N) is 1. The molecule has 1 aromatic heterocycles. The summed E-state index contributed by atoms with van der Waals surface area (Å²) < 4.78 is 11.0. The van der Waals surface area contributed by atoms with Gasteiger partial charge in [0, 0.05) is 23.3 Å². The Labute approximate surface area is 163 Å². The number of hydrogen-bond donors (Lipinski definition) is 2. The van der Waals surface area contributed by atoms with E-state index in [0.717, 1.165) is 0 Å². The van der Waals surface area contributed by atoms with E-state index in [2.05, 4.69) is 15.4 Å². The van der Waals surface area contributed by atoms with Crippen molar-refractivity contribution in [1.82, 2.24) is 15.4 Å². The van der Waals surface area contributed by atoms with Crippen LogP contribution >= 0.6 is 11.6 Å². The number of carbonyl (C=O) groups excluding carboxylic acids is 1. The molecule has 28 heavy (non-hydrogen) atoms. The maximum absolute atomic E-state index is 11.5. The maximum atomic E-state index is 11.5. The number of benzene rings is 2. The normalized spacial score (nSPS) is 10.5. The maximum Gasteiger partial charge on any atom is 0.271 e. The molecule has 0 atom stereocenters. The van der Waals surface area contributed by atoms with Crippen LogP contribution in [0.2, 0.25) is 5.02 Å². The molecule has 3 aromatic rings. The summed E-state index contributed by atoms with van der Waals surface area (Å²) in [5, 5.41) is 21.0. The lowest BCUT2D eigenvalue weighted by Gasteiger charge is -2.12. The Kier molecular flexibility index (Phi) is 5.41. The molecule has 0 aliphatic carbocycles. The number of non-ortho nitro benzene ring substituents is 1. The minimum atomic E-state index is -0.713. The van der Waals surface area contributed by atoms with Gasteiger partial charge in [-0.25, -0.2) is 0 Å². The van der Waals surface area contributed by atoms with Gasteiger partial charge in [-0.05, 0) is 24.3 Å². The van der Waals surface area contributed by atoms with E-state index in [1.54, 1.807) is 18.2 Å². The Morgan fingerprint density at radius 2 is 2.00 bits per heavy atom. The fourth-order valence-corrected chi connectivity index (χ4v) is 2.75. The lowest BCUT2D eigenvalue weighted by Crippen LogP contribution is -2.12. The summed E-state index contributed by atoms with van der Waals surface area (Å²) >= 11 is 6.05. The highest BCUT2D eigenvalue weighted by molar-refractivity contribution is 6.32. The highest BCUT2D eigenvalue weighted by Gasteiger charge is 2.17. The lowest BCUT2D eigenvalue weighted by atomic mass is 10.1. The van der Waals surface area contributed by atoms with Crippen LogP contribution in [0.25, 0.3) is 11.3 Å². The van der Waals surface area contributed by atoms with Crippen molar-refractivity contribution in [2.75, 3.05) is 7.11 Å². The lowest BCUT2D eigenvalue weighted by molar-refractivity contribution is -0.384. The SMILES string of the molecule is COc1ccc(-c2n[nH]nc2C(N)=O)cc1COc1ccc([N+](=O)[O-])cc1Cl. The van der Waals surface area contributed by atoms with Crippen LogP contribution in [0, 0.1) is 10.1 Å². The Morgan fingerprint density at radius 3 is 2.64 bits per heavy atom. The Balaban J connectivity index is 1.88. The molecule has 0 radical (unpaired) electrons. The van der Waals surface area contributed by atoms with E-state index in [-0.39, 0.29) is 28.8 Å². The number of ether oxygens (including phenoxy) is 2. The number of nitrogens with zero attached hydrogens (tertiary/aromatic N) is 3. The second-order valence-corrected chi connectivity index (χ2v) is 5.98. The Bertz CT molecular complexity index is 1050. The van der Waals surface area contributed by atoms with Crippen molar-refractivity contribution in [3.8, 4) is 22.8 Å². The Hall–Kier alpha value is -3.66. The quantitative estimate of drug-likeness (QED) is 0.455. The van der Waals surface area contributed by atoms with E-state index in [0.29, 0.717) is 22.6 Å². The molecule has 0 aliphatic rings. The van der Waals surface area contributed by atoms with Gasteiger partial charge in [-0.15, -0.1) is 0 Å². The third-order valence-electron chi connectivity index (χ3n) is 3.84. The predicted molar refractivity (Wildman–Crippen MR) is 99.3 cm³/mol. The van der Waals surface area contributed by atoms with Crippen molar-refractivity contribution in [1.29, 1.82) is 0 Å². The zero-order chi connectivity index (χ0) is 20.3. The van der Waals surface area contributed by atoms with Crippen molar-refractivity contribution in [3.05, 3.63) is 62.8 Å². The summed E-state index contributed by atoms with van der Waals surface area (Å²) in [6.07, 6.45) is 0. The number of aromatic nitrogens is 3. The molecule has 3 rings (SSSR count). The average Bonchev–Trinajstić information content (AvgIpc) is 3.17. The van der Waals surface area contributed by atoms with Crippen LogP contribution in [-0.2, 0) is 6.61 Å². The number of primary amides is 1. The molecule has 1 amide bonds. The number of methoxy groups -OCH3 is 1. The van der Waals surface area contributed by atoms with Gasteiger partial charge in [0.05, 0.1) is 17.1 Å². The molecule has 0 unspecified atom stereocenters. The number of nitro benzene ring substituents is 1. The van der Waals surface area contributed by atoms with Crippen LogP contribution in [0.4, 0.5) is 5.69 Å². The molecule has 0 bridgehead atoms. The standard InChI is InChI=1S/C17H14ClN5O5/c1-27-13-4-2-9(15-16(17(19)24)21-22-20-15)6-10(13)8-28-14-5-3-11(23(25)26)7-12(14)18/h2-7H,8H2,1H3,(H2,19,24)(H,20,21,22). The van der Waals surface area contributed by atoms with E-state index in [1.165, 1.54) is 25.3 Å². The first-order valence-corrected chi connectivity index (χ1v) is 8.23. The van der Waals surface area contributed by atoms with Gasteiger partial charge in [-0.2, -0.15) is 15.4 Å². The van der Waals surface area contributed by atoms with E-state index in [1.807, 2.05) is 0 Å².